The number of rotatable bonds is 2. The Labute approximate surface area is 89.2 Å². The third-order valence-electron chi connectivity index (χ3n) is 3.25. The van der Waals surface area contributed by atoms with Gasteiger partial charge in [0, 0.05) is 12.6 Å². The van der Waals surface area contributed by atoms with Crippen molar-refractivity contribution >= 4 is 11.9 Å². The van der Waals surface area contributed by atoms with E-state index in [-0.39, 0.29) is 24.5 Å². The van der Waals surface area contributed by atoms with Gasteiger partial charge < -0.3 is 10.6 Å². The van der Waals surface area contributed by atoms with Crippen LogP contribution in [0.3, 0.4) is 0 Å². The molecule has 0 aromatic carbocycles. The molecule has 0 spiro atoms. The lowest BCUT2D eigenvalue weighted by molar-refractivity contribution is -0.125. The lowest BCUT2D eigenvalue weighted by Crippen LogP contribution is -2.49. The maximum absolute atomic E-state index is 11.4. The summed E-state index contributed by atoms with van der Waals surface area (Å²) in [6.07, 6.45) is 2.35. The molecule has 0 radical (unpaired) electrons. The fraction of sp³-hybridized carbons (Fsp3) is 0.800. The third-order valence-corrected chi connectivity index (χ3v) is 3.25. The zero-order valence-electron chi connectivity index (χ0n) is 8.95. The lowest BCUT2D eigenvalue weighted by atomic mass is 9.92. The maximum Gasteiger partial charge on any atom is 0.324 e. The van der Waals surface area contributed by atoms with E-state index in [1.54, 1.807) is 0 Å². The quantitative estimate of drug-likeness (QED) is 0.628. The highest BCUT2D eigenvalue weighted by Gasteiger charge is 2.32. The second-order valence-corrected chi connectivity index (χ2v) is 4.34. The van der Waals surface area contributed by atoms with Crippen molar-refractivity contribution in [3.05, 3.63) is 0 Å². The molecule has 0 saturated carbocycles. The van der Waals surface area contributed by atoms with E-state index in [0.717, 1.165) is 6.54 Å². The zero-order chi connectivity index (χ0) is 10.8. The molecule has 2 rings (SSSR count). The van der Waals surface area contributed by atoms with E-state index in [0.29, 0.717) is 12.5 Å². The standard InChI is InChI=1S/C10H17N3O2/c1-7-3-2-4-11-8(7)6-13-9(14)5-12-10(13)15/h7-8,11H,2-6H2,1H3,(H,12,15). The molecular weight excluding hydrogens is 194 g/mol. The van der Waals surface area contributed by atoms with E-state index in [1.807, 2.05) is 0 Å². The van der Waals surface area contributed by atoms with Gasteiger partial charge in [0.15, 0.2) is 0 Å². The molecule has 3 amide bonds. The Morgan fingerprint density at radius 3 is 2.87 bits per heavy atom. The van der Waals surface area contributed by atoms with Crippen molar-refractivity contribution < 1.29 is 9.59 Å². The van der Waals surface area contributed by atoms with Gasteiger partial charge in [-0.1, -0.05) is 6.92 Å². The third kappa shape index (κ3) is 2.12. The smallest absolute Gasteiger partial charge is 0.324 e. The zero-order valence-corrected chi connectivity index (χ0v) is 8.95. The molecule has 2 N–H and O–H groups in total. The van der Waals surface area contributed by atoms with Crippen LogP contribution in [0.2, 0.25) is 0 Å². The Hall–Kier alpha value is -1.10. The minimum Gasteiger partial charge on any atom is -0.329 e. The average Bonchev–Trinajstić information content (AvgIpc) is 2.53. The van der Waals surface area contributed by atoms with Crippen molar-refractivity contribution in [1.82, 2.24) is 15.5 Å². The molecule has 2 atom stereocenters. The number of piperidine rings is 1. The van der Waals surface area contributed by atoms with E-state index in [9.17, 15) is 9.59 Å². The van der Waals surface area contributed by atoms with Crippen LogP contribution >= 0.6 is 0 Å². The molecule has 2 saturated heterocycles. The number of nitrogens with zero attached hydrogens (tertiary/aromatic N) is 1. The number of carbonyl (C=O) groups is 2. The van der Waals surface area contributed by atoms with Gasteiger partial charge in [0.25, 0.3) is 0 Å². The molecule has 2 unspecified atom stereocenters. The highest BCUT2D eigenvalue weighted by molar-refractivity contribution is 6.01. The van der Waals surface area contributed by atoms with Gasteiger partial charge in [0.1, 0.15) is 0 Å². The highest BCUT2D eigenvalue weighted by atomic mass is 16.2. The van der Waals surface area contributed by atoms with Crippen LogP contribution in [0.5, 0.6) is 0 Å². The Morgan fingerprint density at radius 2 is 2.27 bits per heavy atom. The molecule has 5 nitrogen and oxygen atoms in total. The number of carbonyl (C=O) groups excluding carboxylic acids is 2. The molecule has 2 aliphatic rings. The lowest BCUT2D eigenvalue weighted by Gasteiger charge is -2.32. The summed E-state index contributed by atoms with van der Waals surface area (Å²) in [7, 11) is 0. The van der Waals surface area contributed by atoms with Crippen LogP contribution in [0, 0.1) is 5.92 Å². The largest absolute Gasteiger partial charge is 0.329 e. The van der Waals surface area contributed by atoms with E-state index in [2.05, 4.69) is 17.6 Å². The Bertz CT molecular complexity index is 264. The van der Waals surface area contributed by atoms with Crippen LogP contribution in [-0.4, -0.2) is 42.5 Å². The van der Waals surface area contributed by atoms with Gasteiger partial charge in [-0.05, 0) is 25.3 Å². The number of hydrogen-bond donors (Lipinski definition) is 2. The van der Waals surface area contributed by atoms with Gasteiger partial charge in [-0.15, -0.1) is 0 Å². The first-order valence-corrected chi connectivity index (χ1v) is 5.50. The summed E-state index contributed by atoms with van der Waals surface area (Å²) >= 11 is 0. The first-order chi connectivity index (χ1) is 7.18. The predicted octanol–water partition coefficient (Wildman–Crippen LogP) is -0.0737. The highest BCUT2D eigenvalue weighted by Crippen LogP contribution is 2.17. The minimum absolute atomic E-state index is 0.112. The molecule has 0 aromatic rings. The molecule has 0 bridgehead atoms. The Kier molecular flexibility index (Phi) is 2.90. The molecule has 2 aliphatic heterocycles. The molecule has 2 heterocycles. The minimum atomic E-state index is -0.250. The number of imide groups is 1. The second-order valence-electron chi connectivity index (χ2n) is 4.34. The van der Waals surface area contributed by atoms with E-state index in [4.69, 9.17) is 0 Å². The predicted molar refractivity (Wildman–Crippen MR) is 55.3 cm³/mol. The van der Waals surface area contributed by atoms with Crippen molar-refractivity contribution in [3.8, 4) is 0 Å². The van der Waals surface area contributed by atoms with Crippen LogP contribution in [0.4, 0.5) is 4.79 Å². The summed E-state index contributed by atoms with van der Waals surface area (Å²) in [5.41, 5.74) is 0. The Morgan fingerprint density at radius 1 is 1.47 bits per heavy atom. The average molecular weight is 211 g/mol. The van der Waals surface area contributed by atoms with E-state index in [1.165, 1.54) is 17.7 Å². The molecule has 0 aromatic heterocycles. The number of amides is 3. The Balaban J connectivity index is 1.95. The summed E-state index contributed by atoms with van der Waals surface area (Å²) < 4.78 is 0. The topological polar surface area (TPSA) is 61.4 Å². The van der Waals surface area contributed by atoms with Gasteiger partial charge >= 0.3 is 6.03 Å². The van der Waals surface area contributed by atoms with Crippen molar-refractivity contribution in [3.63, 3.8) is 0 Å². The summed E-state index contributed by atoms with van der Waals surface area (Å²) in [6.45, 7) is 3.81. The summed E-state index contributed by atoms with van der Waals surface area (Å²) in [5, 5.41) is 5.90. The van der Waals surface area contributed by atoms with Gasteiger partial charge in [-0.2, -0.15) is 0 Å². The van der Waals surface area contributed by atoms with Crippen LogP contribution in [0.25, 0.3) is 0 Å². The molecule has 0 aliphatic carbocycles. The summed E-state index contributed by atoms with van der Waals surface area (Å²) in [4.78, 5) is 24.0. The van der Waals surface area contributed by atoms with Crippen LogP contribution in [-0.2, 0) is 4.79 Å². The normalized spacial score (nSPS) is 31.9. The fourth-order valence-electron chi connectivity index (χ4n) is 2.20. The molecule has 2 fully saturated rings. The maximum atomic E-state index is 11.4. The van der Waals surface area contributed by atoms with Crippen molar-refractivity contribution in [2.75, 3.05) is 19.6 Å². The monoisotopic (exact) mass is 211 g/mol. The number of urea groups is 1. The SMILES string of the molecule is CC1CCCNC1CN1C(=O)CNC1=O. The van der Waals surface area contributed by atoms with Crippen molar-refractivity contribution in [1.29, 1.82) is 0 Å². The van der Waals surface area contributed by atoms with E-state index >= 15 is 0 Å². The summed E-state index contributed by atoms with van der Waals surface area (Å²) in [5.74, 6) is 0.416. The van der Waals surface area contributed by atoms with Crippen LogP contribution in [0.15, 0.2) is 0 Å². The van der Waals surface area contributed by atoms with Crippen molar-refractivity contribution in [2.45, 2.75) is 25.8 Å². The first kappa shape index (κ1) is 10.4. The molecule has 15 heavy (non-hydrogen) atoms. The van der Waals surface area contributed by atoms with Crippen LogP contribution < -0.4 is 10.6 Å². The van der Waals surface area contributed by atoms with E-state index < -0.39 is 0 Å². The molecule has 5 heteroatoms. The van der Waals surface area contributed by atoms with Gasteiger partial charge in [-0.3, -0.25) is 9.69 Å². The molecule has 84 valence electrons. The summed E-state index contributed by atoms with van der Waals surface area (Å²) in [6, 6.07) is 0.00567. The van der Waals surface area contributed by atoms with Gasteiger partial charge in [0.05, 0.1) is 6.54 Å². The van der Waals surface area contributed by atoms with Crippen molar-refractivity contribution in [2.24, 2.45) is 5.92 Å². The number of nitrogens with one attached hydrogen (secondary N) is 2. The fourth-order valence-corrected chi connectivity index (χ4v) is 2.20. The number of hydrogen-bond acceptors (Lipinski definition) is 3. The van der Waals surface area contributed by atoms with Gasteiger partial charge in [0.2, 0.25) is 5.91 Å². The van der Waals surface area contributed by atoms with Gasteiger partial charge in [-0.25, -0.2) is 4.79 Å². The molecular formula is C10H17N3O2. The second kappa shape index (κ2) is 4.18. The van der Waals surface area contributed by atoms with Crippen LogP contribution in [0.1, 0.15) is 19.8 Å². The first-order valence-electron chi connectivity index (χ1n) is 5.50.